The van der Waals surface area contributed by atoms with Crippen molar-refractivity contribution in [3.05, 3.63) is 29.8 Å². The fourth-order valence-corrected chi connectivity index (χ4v) is 1.57. The van der Waals surface area contributed by atoms with Gasteiger partial charge in [0.2, 0.25) is 0 Å². The molecule has 0 amide bonds. The van der Waals surface area contributed by atoms with Gasteiger partial charge in [-0.05, 0) is 31.5 Å². The lowest BCUT2D eigenvalue weighted by Crippen LogP contribution is -2.15. The molecule has 1 atom stereocenters. The molecule has 12 heavy (non-hydrogen) atoms. The largest absolute Gasteiger partial charge is 0.309 e. The lowest BCUT2D eigenvalue weighted by atomic mass is 10.1. The van der Waals surface area contributed by atoms with Crippen molar-refractivity contribution >= 4 is 0 Å². The second kappa shape index (κ2) is 3.19. The quantitative estimate of drug-likeness (QED) is 0.686. The first-order valence-corrected chi connectivity index (χ1v) is 4.22. The molecule has 1 aliphatic rings. The Balaban J connectivity index is 2.26. The fraction of sp³-hybridized carbons (Fsp3) is 0.444. The van der Waals surface area contributed by atoms with Gasteiger partial charge in [-0.3, -0.25) is 4.98 Å². The molecule has 2 heterocycles. The van der Waals surface area contributed by atoms with E-state index in [1.807, 2.05) is 0 Å². The van der Waals surface area contributed by atoms with Crippen LogP contribution in [0.5, 0.6) is 0 Å². The molecule has 0 radical (unpaired) electrons. The zero-order valence-corrected chi connectivity index (χ0v) is 6.76. The standard InChI is InChI=1S/C9H11FN2/c10-7-3-1-6-12-9(7)8-4-2-5-11-8/h1,3,6,8,11H,2,4-5H2. The molecule has 0 bridgehead atoms. The first-order chi connectivity index (χ1) is 5.88. The molecule has 1 aromatic rings. The highest BCUT2D eigenvalue weighted by atomic mass is 19.1. The smallest absolute Gasteiger partial charge is 0.146 e. The van der Waals surface area contributed by atoms with Gasteiger partial charge >= 0.3 is 0 Å². The van der Waals surface area contributed by atoms with Gasteiger partial charge in [-0.15, -0.1) is 0 Å². The molecule has 2 nitrogen and oxygen atoms in total. The lowest BCUT2D eigenvalue weighted by molar-refractivity contribution is 0.541. The van der Waals surface area contributed by atoms with E-state index in [9.17, 15) is 4.39 Å². The summed E-state index contributed by atoms with van der Waals surface area (Å²) in [5.74, 6) is -0.197. The third-order valence-electron chi connectivity index (χ3n) is 2.18. The van der Waals surface area contributed by atoms with Gasteiger partial charge in [0.05, 0.1) is 11.7 Å². The molecule has 0 aliphatic carbocycles. The zero-order chi connectivity index (χ0) is 8.39. The minimum atomic E-state index is -0.197. The van der Waals surface area contributed by atoms with Crippen molar-refractivity contribution in [3.8, 4) is 0 Å². The van der Waals surface area contributed by atoms with Crippen LogP contribution in [0.4, 0.5) is 4.39 Å². The van der Waals surface area contributed by atoms with Gasteiger partial charge in [0.25, 0.3) is 0 Å². The summed E-state index contributed by atoms with van der Waals surface area (Å²) in [6.07, 6.45) is 3.74. The van der Waals surface area contributed by atoms with Crippen molar-refractivity contribution in [2.24, 2.45) is 0 Å². The Morgan fingerprint density at radius 2 is 2.50 bits per heavy atom. The maximum Gasteiger partial charge on any atom is 0.146 e. The Hall–Kier alpha value is -0.960. The number of hydrogen-bond donors (Lipinski definition) is 1. The lowest BCUT2D eigenvalue weighted by Gasteiger charge is -2.09. The van der Waals surface area contributed by atoms with Gasteiger partial charge in [0.1, 0.15) is 5.82 Å². The predicted molar refractivity (Wildman–Crippen MR) is 44.2 cm³/mol. The first-order valence-electron chi connectivity index (χ1n) is 4.22. The van der Waals surface area contributed by atoms with Gasteiger partial charge in [-0.25, -0.2) is 4.39 Å². The summed E-state index contributed by atoms with van der Waals surface area (Å²) in [6, 6.07) is 3.21. The van der Waals surface area contributed by atoms with E-state index in [4.69, 9.17) is 0 Å². The van der Waals surface area contributed by atoms with Crippen LogP contribution in [-0.2, 0) is 0 Å². The summed E-state index contributed by atoms with van der Waals surface area (Å²) in [5, 5.41) is 3.21. The second-order valence-corrected chi connectivity index (χ2v) is 3.02. The van der Waals surface area contributed by atoms with E-state index >= 15 is 0 Å². The molecule has 1 aliphatic heterocycles. The van der Waals surface area contributed by atoms with Crippen molar-refractivity contribution in [1.29, 1.82) is 0 Å². The number of pyridine rings is 1. The molecule has 1 saturated heterocycles. The summed E-state index contributed by atoms with van der Waals surface area (Å²) < 4.78 is 13.1. The molecule has 0 saturated carbocycles. The van der Waals surface area contributed by atoms with Crippen LogP contribution in [0.2, 0.25) is 0 Å². The summed E-state index contributed by atoms with van der Waals surface area (Å²) in [4.78, 5) is 4.02. The Morgan fingerprint density at radius 1 is 1.58 bits per heavy atom. The summed E-state index contributed by atoms with van der Waals surface area (Å²) >= 11 is 0. The number of nitrogens with zero attached hydrogens (tertiary/aromatic N) is 1. The first kappa shape index (κ1) is 7.68. The van der Waals surface area contributed by atoms with Crippen molar-refractivity contribution in [2.75, 3.05) is 6.54 Å². The van der Waals surface area contributed by atoms with E-state index in [-0.39, 0.29) is 11.9 Å². The molecule has 1 fully saturated rings. The maximum atomic E-state index is 13.1. The predicted octanol–water partition coefficient (Wildman–Crippen LogP) is 1.65. The Bertz CT molecular complexity index is 269. The van der Waals surface area contributed by atoms with E-state index in [2.05, 4.69) is 10.3 Å². The van der Waals surface area contributed by atoms with Crippen LogP contribution >= 0.6 is 0 Å². The average Bonchev–Trinajstić information content (AvgIpc) is 2.57. The molecule has 3 heteroatoms. The Morgan fingerprint density at radius 3 is 3.17 bits per heavy atom. The van der Waals surface area contributed by atoms with Crippen molar-refractivity contribution < 1.29 is 4.39 Å². The van der Waals surface area contributed by atoms with E-state index in [0.29, 0.717) is 5.69 Å². The van der Waals surface area contributed by atoms with Crippen LogP contribution < -0.4 is 5.32 Å². The molecule has 1 aromatic heterocycles. The number of aromatic nitrogens is 1. The molecular weight excluding hydrogens is 155 g/mol. The van der Waals surface area contributed by atoms with E-state index in [0.717, 1.165) is 19.4 Å². The van der Waals surface area contributed by atoms with Crippen LogP contribution in [0.15, 0.2) is 18.3 Å². The van der Waals surface area contributed by atoms with Gasteiger partial charge in [0, 0.05) is 6.20 Å². The van der Waals surface area contributed by atoms with Gasteiger partial charge in [0.15, 0.2) is 0 Å². The SMILES string of the molecule is Fc1cccnc1C1CCCN1. The molecule has 64 valence electrons. The van der Waals surface area contributed by atoms with Crippen molar-refractivity contribution in [1.82, 2.24) is 10.3 Å². The molecule has 1 unspecified atom stereocenters. The number of nitrogens with one attached hydrogen (secondary N) is 1. The van der Waals surface area contributed by atoms with Crippen molar-refractivity contribution in [2.45, 2.75) is 18.9 Å². The second-order valence-electron chi connectivity index (χ2n) is 3.02. The number of hydrogen-bond acceptors (Lipinski definition) is 2. The third kappa shape index (κ3) is 1.32. The van der Waals surface area contributed by atoms with Crippen LogP contribution in [0.3, 0.4) is 0 Å². The van der Waals surface area contributed by atoms with Crippen molar-refractivity contribution in [3.63, 3.8) is 0 Å². The van der Waals surface area contributed by atoms with Crippen LogP contribution in [-0.4, -0.2) is 11.5 Å². The maximum absolute atomic E-state index is 13.1. The topological polar surface area (TPSA) is 24.9 Å². The zero-order valence-electron chi connectivity index (χ0n) is 6.76. The molecule has 0 spiro atoms. The van der Waals surface area contributed by atoms with Gasteiger partial charge in [-0.1, -0.05) is 0 Å². The van der Waals surface area contributed by atoms with Crippen LogP contribution in [0.1, 0.15) is 24.6 Å². The Kier molecular flexibility index (Phi) is 2.04. The van der Waals surface area contributed by atoms with E-state index in [1.54, 1.807) is 12.3 Å². The van der Waals surface area contributed by atoms with Crippen LogP contribution in [0, 0.1) is 5.82 Å². The number of rotatable bonds is 1. The highest BCUT2D eigenvalue weighted by Gasteiger charge is 2.19. The third-order valence-corrected chi connectivity index (χ3v) is 2.18. The number of halogens is 1. The molecule has 0 aromatic carbocycles. The normalized spacial score (nSPS) is 22.9. The van der Waals surface area contributed by atoms with Gasteiger partial charge in [-0.2, -0.15) is 0 Å². The Labute approximate surface area is 70.8 Å². The summed E-state index contributed by atoms with van der Waals surface area (Å²) in [6.45, 7) is 0.973. The van der Waals surface area contributed by atoms with Gasteiger partial charge < -0.3 is 5.32 Å². The average molecular weight is 166 g/mol. The molecular formula is C9H11FN2. The fourth-order valence-electron chi connectivity index (χ4n) is 1.57. The molecule has 1 N–H and O–H groups in total. The monoisotopic (exact) mass is 166 g/mol. The van der Waals surface area contributed by atoms with E-state index in [1.165, 1.54) is 6.07 Å². The van der Waals surface area contributed by atoms with E-state index < -0.39 is 0 Å². The highest BCUT2D eigenvalue weighted by Crippen LogP contribution is 2.22. The highest BCUT2D eigenvalue weighted by molar-refractivity contribution is 5.12. The minimum absolute atomic E-state index is 0.131. The summed E-state index contributed by atoms with van der Waals surface area (Å²) in [7, 11) is 0. The summed E-state index contributed by atoms with van der Waals surface area (Å²) in [5.41, 5.74) is 0.565. The van der Waals surface area contributed by atoms with Crippen LogP contribution in [0.25, 0.3) is 0 Å². The minimum Gasteiger partial charge on any atom is -0.309 e. The molecule has 2 rings (SSSR count).